The zero-order valence-electron chi connectivity index (χ0n) is 8.93. The minimum absolute atomic E-state index is 0.149. The van der Waals surface area contributed by atoms with Crippen LogP contribution in [0.3, 0.4) is 0 Å². The van der Waals surface area contributed by atoms with Gasteiger partial charge in [-0.1, -0.05) is 18.2 Å². The summed E-state index contributed by atoms with van der Waals surface area (Å²) in [6.45, 7) is 0. The van der Waals surface area contributed by atoms with Crippen LogP contribution in [0, 0.1) is 0 Å². The molecule has 0 heterocycles. The molecule has 2 atom stereocenters. The lowest BCUT2D eigenvalue weighted by atomic mass is 10.3. The summed E-state index contributed by atoms with van der Waals surface area (Å²) in [6.07, 6.45) is 2.15. The van der Waals surface area contributed by atoms with Gasteiger partial charge in [0.15, 0.2) is 0 Å². The van der Waals surface area contributed by atoms with Crippen LogP contribution < -0.4 is 5.32 Å². The average molecular weight is 237 g/mol. The Morgan fingerprint density at radius 3 is 2.69 bits per heavy atom. The van der Waals surface area contributed by atoms with Gasteiger partial charge in [0.2, 0.25) is 0 Å². The van der Waals surface area contributed by atoms with Gasteiger partial charge in [0.1, 0.15) is 6.10 Å². The third kappa shape index (κ3) is 2.93. The molecule has 0 aliphatic heterocycles. The van der Waals surface area contributed by atoms with E-state index in [0.29, 0.717) is 5.17 Å². The average Bonchev–Trinajstić information content (AvgIpc) is 2.66. The molecule has 86 valence electrons. The highest BCUT2D eigenvalue weighted by Crippen LogP contribution is 2.22. The van der Waals surface area contributed by atoms with E-state index in [-0.39, 0.29) is 12.2 Å². The molecule has 0 amide bonds. The lowest BCUT2D eigenvalue weighted by Crippen LogP contribution is -2.28. The van der Waals surface area contributed by atoms with Crippen LogP contribution in [0.2, 0.25) is 0 Å². The van der Waals surface area contributed by atoms with Crippen molar-refractivity contribution >= 4 is 23.1 Å². The highest BCUT2D eigenvalue weighted by molar-refractivity contribution is 7.80. The van der Waals surface area contributed by atoms with Crippen LogP contribution >= 0.6 is 12.2 Å². The monoisotopic (exact) mass is 237 g/mol. The molecule has 3 nitrogen and oxygen atoms in total. The molecule has 1 aliphatic carbocycles. The van der Waals surface area contributed by atoms with E-state index < -0.39 is 0 Å². The molecule has 1 aliphatic rings. The van der Waals surface area contributed by atoms with Crippen LogP contribution in [-0.2, 0) is 4.74 Å². The van der Waals surface area contributed by atoms with Gasteiger partial charge >= 0.3 is 0 Å². The molecular weight excluding hydrogens is 222 g/mol. The van der Waals surface area contributed by atoms with Gasteiger partial charge in [0.05, 0.1) is 6.10 Å². The van der Waals surface area contributed by atoms with Crippen LogP contribution in [0.1, 0.15) is 19.3 Å². The van der Waals surface area contributed by atoms with Gasteiger partial charge < -0.3 is 15.2 Å². The Hall–Kier alpha value is -1.13. The Bertz CT molecular complexity index is 355. The van der Waals surface area contributed by atoms with Crippen LogP contribution in [0.5, 0.6) is 0 Å². The Labute approximate surface area is 100 Å². The lowest BCUT2D eigenvalue weighted by molar-refractivity contribution is 0.0550. The molecule has 1 aromatic carbocycles. The van der Waals surface area contributed by atoms with Gasteiger partial charge in [-0.3, -0.25) is 0 Å². The summed E-state index contributed by atoms with van der Waals surface area (Å²) in [5.74, 6) is 0. The van der Waals surface area contributed by atoms with E-state index in [4.69, 9.17) is 17.0 Å². The van der Waals surface area contributed by atoms with E-state index in [0.717, 1.165) is 24.9 Å². The minimum Gasteiger partial charge on any atom is -0.465 e. The highest BCUT2D eigenvalue weighted by Gasteiger charge is 2.27. The summed E-state index contributed by atoms with van der Waals surface area (Å²) < 4.78 is 5.50. The maximum absolute atomic E-state index is 9.59. The van der Waals surface area contributed by atoms with Gasteiger partial charge in [0, 0.05) is 5.69 Å². The number of para-hydroxylation sites is 1. The standard InChI is InChI=1S/C12H15NO2S/c14-10-7-4-8-11(10)15-12(16)13-9-5-2-1-3-6-9/h1-3,5-6,10-11,14H,4,7-8H2,(H,13,16). The topological polar surface area (TPSA) is 41.5 Å². The number of nitrogens with one attached hydrogen (secondary N) is 1. The molecule has 0 spiro atoms. The molecule has 0 saturated heterocycles. The fourth-order valence-electron chi connectivity index (χ4n) is 1.85. The third-order valence-electron chi connectivity index (χ3n) is 2.70. The fourth-order valence-corrected chi connectivity index (χ4v) is 2.09. The molecule has 0 aromatic heterocycles. The molecule has 1 aromatic rings. The number of anilines is 1. The number of aliphatic hydroxyl groups is 1. The Morgan fingerprint density at radius 1 is 1.31 bits per heavy atom. The largest absolute Gasteiger partial charge is 0.465 e. The van der Waals surface area contributed by atoms with E-state index in [9.17, 15) is 5.11 Å². The van der Waals surface area contributed by atoms with Crippen molar-refractivity contribution in [2.75, 3.05) is 5.32 Å². The Morgan fingerprint density at radius 2 is 2.06 bits per heavy atom. The normalized spacial score (nSPS) is 24.1. The third-order valence-corrected chi connectivity index (χ3v) is 2.89. The number of thiocarbonyl (C=S) groups is 1. The SMILES string of the molecule is OC1CCCC1OC(=S)Nc1ccccc1. The molecule has 16 heavy (non-hydrogen) atoms. The second-order valence-corrected chi connectivity index (χ2v) is 4.30. The first kappa shape index (κ1) is 11.4. The first-order valence-electron chi connectivity index (χ1n) is 5.46. The van der Waals surface area contributed by atoms with Crippen molar-refractivity contribution in [3.05, 3.63) is 30.3 Å². The van der Waals surface area contributed by atoms with Crippen LogP contribution in [0.15, 0.2) is 30.3 Å². The number of hydrogen-bond acceptors (Lipinski definition) is 3. The zero-order valence-corrected chi connectivity index (χ0v) is 9.74. The zero-order chi connectivity index (χ0) is 11.4. The summed E-state index contributed by atoms with van der Waals surface area (Å²) in [7, 11) is 0. The summed E-state index contributed by atoms with van der Waals surface area (Å²) >= 11 is 5.08. The summed E-state index contributed by atoms with van der Waals surface area (Å²) in [6, 6.07) is 9.63. The van der Waals surface area contributed by atoms with Gasteiger partial charge in [-0.15, -0.1) is 0 Å². The molecule has 2 N–H and O–H groups in total. The van der Waals surface area contributed by atoms with Crippen molar-refractivity contribution in [2.24, 2.45) is 0 Å². The van der Waals surface area contributed by atoms with E-state index >= 15 is 0 Å². The predicted octanol–water partition coefficient (Wildman–Crippen LogP) is 2.31. The maximum Gasteiger partial charge on any atom is 0.261 e. The van der Waals surface area contributed by atoms with Crippen LogP contribution in [0.4, 0.5) is 5.69 Å². The summed E-state index contributed by atoms with van der Waals surface area (Å²) in [5, 5.41) is 12.9. The van der Waals surface area contributed by atoms with E-state index in [1.165, 1.54) is 0 Å². The number of aliphatic hydroxyl groups excluding tert-OH is 1. The molecule has 4 heteroatoms. The van der Waals surface area contributed by atoms with Crippen molar-refractivity contribution < 1.29 is 9.84 Å². The first-order chi connectivity index (χ1) is 7.75. The molecular formula is C12H15NO2S. The Balaban J connectivity index is 1.85. The van der Waals surface area contributed by atoms with E-state index in [1.807, 2.05) is 30.3 Å². The molecule has 2 rings (SSSR count). The number of hydrogen-bond donors (Lipinski definition) is 2. The van der Waals surface area contributed by atoms with E-state index in [1.54, 1.807) is 0 Å². The van der Waals surface area contributed by atoms with Crippen LogP contribution in [-0.4, -0.2) is 22.5 Å². The highest BCUT2D eigenvalue weighted by atomic mass is 32.1. The molecule has 0 radical (unpaired) electrons. The predicted molar refractivity (Wildman–Crippen MR) is 67.4 cm³/mol. The van der Waals surface area contributed by atoms with E-state index in [2.05, 4.69) is 5.32 Å². The van der Waals surface area contributed by atoms with Crippen LogP contribution in [0.25, 0.3) is 0 Å². The second kappa shape index (κ2) is 5.27. The number of rotatable bonds is 2. The van der Waals surface area contributed by atoms with Crippen molar-refractivity contribution in [1.29, 1.82) is 0 Å². The summed E-state index contributed by atoms with van der Waals surface area (Å²) in [4.78, 5) is 0. The van der Waals surface area contributed by atoms with Crippen molar-refractivity contribution in [3.63, 3.8) is 0 Å². The maximum atomic E-state index is 9.59. The molecule has 0 bridgehead atoms. The quantitative estimate of drug-likeness (QED) is 0.775. The van der Waals surface area contributed by atoms with Gasteiger partial charge in [-0.2, -0.15) is 0 Å². The van der Waals surface area contributed by atoms with Gasteiger partial charge in [-0.25, -0.2) is 0 Å². The number of ether oxygens (including phenoxy) is 1. The number of benzene rings is 1. The van der Waals surface area contributed by atoms with Gasteiger partial charge in [-0.05, 0) is 43.6 Å². The van der Waals surface area contributed by atoms with Crippen molar-refractivity contribution in [2.45, 2.75) is 31.5 Å². The summed E-state index contributed by atoms with van der Waals surface area (Å²) in [5.41, 5.74) is 0.903. The first-order valence-corrected chi connectivity index (χ1v) is 5.87. The smallest absolute Gasteiger partial charge is 0.261 e. The Kier molecular flexibility index (Phi) is 3.74. The molecule has 1 saturated carbocycles. The fraction of sp³-hybridized carbons (Fsp3) is 0.417. The minimum atomic E-state index is -0.379. The molecule has 2 unspecified atom stereocenters. The van der Waals surface area contributed by atoms with Gasteiger partial charge in [0.25, 0.3) is 5.17 Å². The lowest BCUT2D eigenvalue weighted by Gasteiger charge is -2.18. The second-order valence-electron chi connectivity index (χ2n) is 3.93. The van der Waals surface area contributed by atoms with Crippen molar-refractivity contribution in [1.82, 2.24) is 0 Å². The van der Waals surface area contributed by atoms with Crippen molar-refractivity contribution in [3.8, 4) is 0 Å². The molecule has 1 fully saturated rings.